The summed E-state index contributed by atoms with van der Waals surface area (Å²) in [5.41, 5.74) is 5.14. The zero-order valence-corrected chi connectivity index (χ0v) is 7.43. The molecule has 0 radical (unpaired) electrons. The smallest absolute Gasteiger partial charge is 0.394 e. The number of nitrogens with zero attached hydrogens (tertiary/aromatic N) is 1. The van der Waals surface area contributed by atoms with Gasteiger partial charge in [-0.25, -0.2) is 4.79 Å². The van der Waals surface area contributed by atoms with Crippen molar-refractivity contribution in [3.63, 3.8) is 0 Å². The zero-order chi connectivity index (χ0) is 11.4. The third kappa shape index (κ3) is 2.76. The first kappa shape index (κ1) is 10.6. The fourth-order valence-corrected chi connectivity index (χ4v) is 0.828. The van der Waals surface area contributed by atoms with Crippen LogP contribution in [0.15, 0.2) is 18.5 Å². The number of aromatic nitrogens is 1. The van der Waals surface area contributed by atoms with Crippen LogP contribution in [0.2, 0.25) is 0 Å². The molecular weight excluding hydrogens is 202 g/mol. The van der Waals surface area contributed by atoms with Crippen molar-refractivity contribution in [3.8, 4) is 0 Å². The monoisotopic (exact) mass is 209 g/mol. The molecular formula is C8H7N3O4. The quantitative estimate of drug-likeness (QED) is 0.550. The Morgan fingerprint density at radius 2 is 2.00 bits per heavy atom. The predicted molar refractivity (Wildman–Crippen MR) is 49.0 cm³/mol. The third-order valence-electron chi connectivity index (χ3n) is 1.47. The van der Waals surface area contributed by atoms with Gasteiger partial charge in [-0.2, -0.15) is 0 Å². The highest BCUT2D eigenvalue weighted by molar-refractivity contribution is 6.36. The predicted octanol–water partition coefficient (Wildman–Crippen LogP) is -0.796. The number of nitrogens with two attached hydrogens (primary N) is 1. The molecule has 1 rings (SSSR count). The van der Waals surface area contributed by atoms with Crippen molar-refractivity contribution in [2.75, 3.05) is 5.32 Å². The van der Waals surface area contributed by atoms with Crippen molar-refractivity contribution < 1.29 is 19.5 Å². The molecule has 1 aromatic rings. The van der Waals surface area contributed by atoms with E-state index in [4.69, 9.17) is 10.8 Å². The van der Waals surface area contributed by atoms with E-state index in [0.29, 0.717) is 0 Å². The highest BCUT2D eigenvalue weighted by Gasteiger charge is 2.11. The van der Waals surface area contributed by atoms with Crippen molar-refractivity contribution in [2.45, 2.75) is 0 Å². The summed E-state index contributed by atoms with van der Waals surface area (Å²) in [7, 11) is 0. The highest BCUT2D eigenvalue weighted by Crippen LogP contribution is 2.07. The summed E-state index contributed by atoms with van der Waals surface area (Å²) in [6, 6.07) is 1.23. The van der Waals surface area contributed by atoms with Crippen LogP contribution in [0.5, 0.6) is 0 Å². The molecule has 1 aromatic heterocycles. The highest BCUT2D eigenvalue weighted by atomic mass is 16.4. The van der Waals surface area contributed by atoms with Crippen molar-refractivity contribution in [1.29, 1.82) is 0 Å². The van der Waals surface area contributed by atoms with E-state index in [2.05, 4.69) is 4.98 Å². The van der Waals surface area contributed by atoms with Crippen molar-refractivity contribution >= 4 is 23.5 Å². The summed E-state index contributed by atoms with van der Waals surface area (Å²) in [4.78, 5) is 35.3. The molecule has 7 nitrogen and oxygen atoms in total. The van der Waals surface area contributed by atoms with Crippen LogP contribution in [0.4, 0.5) is 5.69 Å². The van der Waals surface area contributed by atoms with Gasteiger partial charge >= 0.3 is 11.9 Å². The van der Waals surface area contributed by atoms with Crippen LogP contribution in [0.25, 0.3) is 0 Å². The first-order valence-corrected chi connectivity index (χ1v) is 3.80. The number of nitrogens with one attached hydrogen (secondary N) is 1. The van der Waals surface area contributed by atoms with E-state index >= 15 is 0 Å². The van der Waals surface area contributed by atoms with Gasteiger partial charge in [0.05, 0.1) is 17.4 Å². The summed E-state index contributed by atoms with van der Waals surface area (Å²) in [5.74, 6) is -3.55. The van der Waals surface area contributed by atoms with Crippen LogP contribution in [-0.4, -0.2) is 27.9 Å². The number of hydrogen-bond acceptors (Lipinski definition) is 4. The summed E-state index contributed by atoms with van der Waals surface area (Å²) in [6.07, 6.45) is 2.41. The SMILES string of the molecule is NC(=O)c1cncc(NC(=O)C(=O)O)c1. The molecule has 0 spiro atoms. The molecule has 0 saturated carbocycles. The fraction of sp³-hybridized carbons (Fsp3) is 0. The average molecular weight is 209 g/mol. The second kappa shape index (κ2) is 4.18. The Labute approximate surface area is 83.9 Å². The molecule has 0 aliphatic rings. The van der Waals surface area contributed by atoms with E-state index in [1.807, 2.05) is 5.32 Å². The van der Waals surface area contributed by atoms with Gasteiger partial charge in [-0.15, -0.1) is 0 Å². The van der Waals surface area contributed by atoms with Gasteiger partial charge in [-0.1, -0.05) is 0 Å². The Morgan fingerprint density at radius 3 is 2.53 bits per heavy atom. The Bertz CT molecular complexity index is 430. The Kier molecular flexibility index (Phi) is 2.97. The van der Waals surface area contributed by atoms with Crippen molar-refractivity contribution in [2.24, 2.45) is 5.73 Å². The normalized spacial score (nSPS) is 9.33. The molecule has 0 saturated heterocycles. The Hall–Kier alpha value is -2.44. The van der Waals surface area contributed by atoms with Crippen LogP contribution in [-0.2, 0) is 9.59 Å². The van der Waals surface area contributed by atoms with Gasteiger partial charge in [0.1, 0.15) is 0 Å². The Balaban J connectivity index is 2.87. The minimum absolute atomic E-state index is 0.0817. The van der Waals surface area contributed by atoms with E-state index in [1.165, 1.54) is 18.5 Å². The Morgan fingerprint density at radius 1 is 1.33 bits per heavy atom. The lowest BCUT2D eigenvalue weighted by Crippen LogP contribution is -2.22. The lowest BCUT2D eigenvalue weighted by Gasteiger charge is -2.02. The molecule has 15 heavy (non-hydrogen) atoms. The molecule has 0 aliphatic heterocycles. The molecule has 0 bridgehead atoms. The maximum Gasteiger partial charge on any atom is 0.394 e. The number of pyridine rings is 1. The molecule has 1 heterocycles. The van der Waals surface area contributed by atoms with Gasteiger partial charge in [-0.05, 0) is 6.07 Å². The lowest BCUT2D eigenvalue weighted by molar-refractivity contribution is -0.147. The summed E-state index contributed by atoms with van der Waals surface area (Å²) in [5, 5.41) is 10.3. The molecule has 0 aliphatic carbocycles. The standard InChI is InChI=1S/C8H7N3O4/c9-6(12)4-1-5(3-10-2-4)11-7(13)8(14)15/h1-3H,(H2,9,12)(H,11,13)(H,14,15). The van der Waals surface area contributed by atoms with Gasteiger partial charge in [0.2, 0.25) is 5.91 Å². The van der Waals surface area contributed by atoms with E-state index in [0.717, 1.165) is 0 Å². The molecule has 0 atom stereocenters. The number of aliphatic carboxylic acids is 1. The van der Waals surface area contributed by atoms with Gasteiger partial charge in [-0.3, -0.25) is 14.6 Å². The number of carboxylic acid groups (broad SMARTS) is 1. The van der Waals surface area contributed by atoms with E-state index in [1.54, 1.807) is 0 Å². The van der Waals surface area contributed by atoms with Crippen LogP contribution in [0.1, 0.15) is 10.4 Å². The number of primary amides is 1. The minimum Gasteiger partial charge on any atom is -0.474 e. The first-order chi connectivity index (χ1) is 7.00. The summed E-state index contributed by atoms with van der Waals surface area (Å²) in [6.45, 7) is 0. The van der Waals surface area contributed by atoms with Gasteiger partial charge in [0.25, 0.3) is 0 Å². The second-order valence-electron chi connectivity index (χ2n) is 2.59. The van der Waals surface area contributed by atoms with Gasteiger partial charge < -0.3 is 16.2 Å². The molecule has 4 N–H and O–H groups in total. The molecule has 2 amide bonds. The van der Waals surface area contributed by atoms with Crippen LogP contribution >= 0.6 is 0 Å². The van der Waals surface area contributed by atoms with Crippen molar-refractivity contribution in [1.82, 2.24) is 4.98 Å². The lowest BCUT2D eigenvalue weighted by atomic mass is 10.2. The number of rotatable bonds is 2. The fourth-order valence-electron chi connectivity index (χ4n) is 0.828. The molecule has 78 valence electrons. The zero-order valence-electron chi connectivity index (χ0n) is 7.43. The molecule has 0 unspecified atom stereocenters. The van der Waals surface area contributed by atoms with Crippen LogP contribution in [0.3, 0.4) is 0 Å². The van der Waals surface area contributed by atoms with Crippen molar-refractivity contribution in [3.05, 3.63) is 24.0 Å². The molecule has 0 fully saturated rings. The molecule has 7 heteroatoms. The van der Waals surface area contributed by atoms with E-state index in [9.17, 15) is 14.4 Å². The van der Waals surface area contributed by atoms with Crippen LogP contribution in [0, 0.1) is 0 Å². The number of anilines is 1. The third-order valence-corrected chi connectivity index (χ3v) is 1.47. The van der Waals surface area contributed by atoms with E-state index in [-0.39, 0.29) is 11.3 Å². The molecule has 0 aromatic carbocycles. The summed E-state index contributed by atoms with van der Waals surface area (Å²) < 4.78 is 0. The number of carbonyl (C=O) groups excluding carboxylic acids is 2. The first-order valence-electron chi connectivity index (χ1n) is 3.80. The second-order valence-corrected chi connectivity index (χ2v) is 2.59. The number of carbonyl (C=O) groups is 3. The summed E-state index contributed by atoms with van der Waals surface area (Å²) >= 11 is 0. The van der Waals surface area contributed by atoms with Gasteiger partial charge in [0.15, 0.2) is 0 Å². The topological polar surface area (TPSA) is 122 Å². The van der Waals surface area contributed by atoms with E-state index < -0.39 is 17.8 Å². The number of carboxylic acids is 1. The van der Waals surface area contributed by atoms with Gasteiger partial charge in [0, 0.05) is 6.20 Å². The maximum absolute atomic E-state index is 10.7. The maximum atomic E-state index is 10.7. The largest absolute Gasteiger partial charge is 0.474 e. The van der Waals surface area contributed by atoms with Crippen LogP contribution < -0.4 is 11.1 Å². The number of hydrogen-bond donors (Lipinski definition) is 3. The minimum atomic E-state index is -1.63. The number of amides is 2. The average Bonchev–Trinajstić information content (AvgIpc) is 2.18.